The van der Waals surface area contributed by atoms with Gasteiger partial charge in [-0.15, -0.1) is 0 Å². The topological polar surface area (TPSA) is 95.5 Å². The van der Waals surface area contributed by atoms with Crippen molar-refractivity contribution < 1.29 is 23.2 Å². The zero-order valence-electron chi connectivity index (χ0n) is 22.1. The summed E-state index contributed by atoms with van der Waals surface area (Å²) in [6, 6.07) is 14.0. The molecule has 0 bridgehead atoms. The van der Waals surface area contributed by atoms with Crippen molar-refractivity contribution in [2.24, 2.45) is 5.92 Å². The van der Waals surface area contributed by atoms with Crippen molar-refractivity contribution >= 4 is 35.0 Å². The number of carbonyl (C=O) groups is 3. The first-order chi connectivity index (χ1) is 19.8. The Labute approximate surface area is 240 Å². The van der Waals surface area contributed by atoms with Gasteiger partial charge in [0.15, 0.2) is 0 Å². The Morgan fingerprint density at radius 3 is 2.49 bits per heavy atom. The summed E-state index contributed by atoms with van der Waals surface area (Å²) < 4.78 is 26.7. The number of pyridine rings is 2. The van der Waals surface area contributed by atoms with Crippen LogP contribution < -0.4 is 10.2 Å². The number of nitrogens with zero attached hydrogens (tertiary/aromatic N) is 4. The number of anilines is 1. The molecule has 1 saturated carbocycles. The number of alkyl halides is 2. The summed E-state index contributed by atoms with van der Waals surface area (Å²) in [5, 5.41) is 2.98. The molecule has 4 heterocycles. The summed E-state index contributed by atoms with van der Waals surface area (Å²) in [6.07, 6.45) is 2.66. The number of amides is 3. The molecule has 11 heteroatoms. The van der Waals surface area contributed by atoms with Gasteiger partial charge in [-0.3, -0.25) is 24.4 Å². The molecular formula is C30H28ClF2N5O3. The van der Waals surface area contributed by atoms with Gasteiger partial charge in [-0.1, -0.05) is 35.9 Å². The average molecular weight is 580 g/mol. The van der Waals surface area contributed by atoms with E-state index in [1.54, 1.807) is 29.3 Å². The minimum atomic E-state index is -2.89. The summed E-state index contributed by atoms with van der Waals surface area (Å²) in [7, 11) is 0. The number of aromatic nitrogens is 2. The molecule has 2 aromatic heterocycles. The van der Waals surface area contributed by atoms with Crippen molar-refractivity contribution in [1.29, 1.82) is 0 Å². The maximum absolute atomic E-state index is 13.9. The van der Waals surface area contributed by atoms with Gasteiger partial charge in [0.25, 0.3) is 18.2 Å². The zero-order valence-corrected chi connectivity index (χ0v) is 22.9. The summed E-state index contributed by atoms with van der Waals surface area (Å²) in [5.74, 6) is -0.577. The van der Waals surface area contributed by atoms with Gasteiger partial charge in [0.1, 0.15) is 16.8 Å². The Bertz CT molecular complexity index is 1490. The van der Waals surface area contributed by atoms with Gasteiger partial charge >= 0.3 is 0 Å². The van der Waals surface area contributed by atoms with Crippen LogP contribution in [0.15, 0.2) is 60.9 Å². The first-order valence-electron chi connectivity index (χ1n) is 13.6. The fourth-order valence-corrected chi connectivity index (χ4v) is 6.46. The van der Waals surface area contributed by atoms with E-state index in [1.165, 1.54) is 6.07 Å². The van der Waals surface area contributed by atoms with Crippen molar-refractivity contribution in [2.75, 3.05) is 24.5 Å². The van der Waals surface area contributed by atoms with Gasteiger partial charge in [-0.05, 0) is 61.4 Å². The zero-order chi connectivity index (χ0) is 28.7. The monoisotopic (exact) mass is 579 g/mol. The molecule has 3 aliphatic rings. The van der Waals surface area contributed by atoms with Crippen LogP contribution in [0.5, 0.6) is 0 Å². The minimum Gasteiger partial charge on any atom is -0.349 e. The van der Waals surface area contributed by atoms with Crippen LogP contribution in [0.2, 0.25) is 5.02 Å². The molecule has 3 amide bonds. The Balaban J connectivity index is 1.09. The van der Waals surface area contributed by atoms with Crippen LogP contribution in [-0.4, -0.2) is 58.3 Å². The molecule has 0 unspecified atom stereocenters. The highest BCUT2D eigenvalue weighted by Gasteiger charge is 2.59. The Morgan fingerprint density at radius 2 is 1.78 bits per heavy atom. The molecule has 0 atom stereocenters. The SMILES string of the molecule is O=C(NC1CCC(CN2C(=O)C3(CN(C(=O)c4ccccn4)C3)c3ccccc32)CC1)c1cc(Cl)cnc1C(F)F. The highest BCUT2D eigenvalue weighted by molar-refractivity contribution is 6.30. The van der Waals surface area contributed by atoms with Crippen LogP contribution in [0.1, 0.15) is 64.2 Å². The number of halogens is 3. The van der Waals surface area contributed by atoms with Gasteiger partial charge in [0, 0.05) is 43.8 Å². The van der Waals surface area contributed by atoms with Gasteiger partial charge < -0.3 is 15.1 Å². The van der Waals surface area contributed by atoms with Gasteiger partial charge in [0.2, 0.25) is 5.91 Å². The lowest BCUT2D eigenvalue weighted by molar-refractivity contribution is -0.128. The van der Waals surface area contributed by atoms with E-state index in [-0.39, 0.29) is 34.4 Å². The molecule has 2 fully saturated rings. The number of hydrogen-bond acceptors (Lipinski definition) is 5. The standard InChI is InChI=1S/C30H28ClF2N5O3/c31-19-13-21(25(26(32)33)35-14-19)27(39)36-20-10-8-18(9-11-20)15-38-24-7-2-1-5-22(24)30(29(38)41)16-37(17-30)28(40)23-6-3-4-12-34-23/h1-7,12-14,18,20,26H,8-11,15-17H2,(H,36,39). The Morgan fingerprint density at radius 1 is 1.05 bits per heavy atom. The molecule has 1 N–H and O–H groups in total. The summed E-state index contributed by atoms with van der Waals surface area (Å²) in [4.78, 5) is 50.9. The Hall–Kier alpha value is -3.92. The molecule has 8 nitrogen and oxygen atoms in total. The van der Waals surface area contributed by atoms with E-state index in [0.717, 1.165) is 30.3 Å². The Kier molecular flexibility index (Phi) is 7.19. The van der Waals surface area contributed by atoms with Gasteiger partial charge in [-0.2, -0.15) is 0 Å². The lowest BCUT2D eigenvalue weighted by Crippen LogP contribution is -2.65. The smallest absolute Gasteiger partial charge is 0.281 e. The van der Waals surface area contributed by atoms with E-state index in [1.807, 2.05) is 29.2 Å². The van der Waals surface area contributed by atoms with Crippen molar-refractivity contribution in [1.82, 2.24) is 20.2 Å². The lowest BCUT2D eigenvalue weighted by atomic mass is 9.74. The van der Waals surface area contributed by atoms with Crippen LogP contribution in [0.25, 0.3) is 0 Å². The van der Waals surface area contributed by atoms with Crippen LogP contribution in [0.3, 0.4) is 0 Å². The normalized spacial score (nSPS) is 21.1. The molecule has 1 saturated heterocycles. The van der Waals surface area contributed by atoms with E-state index in [0.29, 0.717) is 38.2 Å². The van der Waals surface area contributed by atoms with Crippen LogP contribution in [0, 0.1) is 5.92 Å². The highest BCUT2D eigenvalue weighted by atomic mass is 35.5. The number of benzene rings is 1. The van der Waals surface area contributed by atoms with Crippen LogP contribution in [0.4, 0.5) is 14.5 Å². The minimum absolute atomic E-state index is 0.00665. The molecule has 1 aromatic carbocycles. The van der Waals surface area contributed by atoms with Crippen LogP contribution >= 0.6 is 11.6 Å². The second-order valence-corrected chi connectivity index (χ2v) is 11.4. The maximum atomic E-state index is 13.9. The molecule has 0 radical (unpaired) electrons. The van der Waals surface area contributed by atoms with Crippen molar-refractivity contribution in [3.63, 3.8) is 0 Å². The number of carbonyl (C=O) groups excluding carboxylic acids is 3. The van der Waals surface area contributed by atoms with Crippen molar-refractivity contribution in [3.8, 4) is 0 Å². The van der Waals surface area contributed by atoms with Gasteiger partial charge in [-0.25, -0.2) is 8.78 Å². The number of hydrogen-bond donors (Lipinski definition) is 1. The summed E-state index contributed by atoms with van der Waals surface area (Å²) in [6.45, 7) is 1.17. The average Bonchev–Trinajstić information content (AvgIpc) is 3.20. The van der Waals surface area contributed by atoms with E-state index in [2.05, 4.69) is 15.3 Å². The second-order valence-electron chi connectivity index (χ2n) is 11.0. The molecule has 3 aromatic rings. The molecule has 2 aliphatic heterocycles. The van der Waals surface area contributed by atoms with E-state index in [4.69, 9.17) is 11.6 Å². The number of para-hydroxylation sites is 1. The molecule has 1 aliphatic carbocycles. The molecule has 212 valence electrons. The predicted molar refractivity (Wildman–Crippen MR) is 148 cm³/mol. The highest BCUT2D eigenvalue weighted by Crippen LogP contribution is 2.48. The predicted octanol–water partition coefficient (Wildman–Crippen LogP) is 4.80. The van der Waals surface area contributed by atoms with Crippen molar-refractivity contribution in [3.05, 3.63) is 88.5 Å². The quantitative estimate of drug-likeness (QED) is 0.453. The van der Waals surface area contributed by atoms with E-state index in [9.17, 15) is 23.2 Å². The van der Waals surface area contributed by atoms with Crippen molar-refractivity contribution in [2.45, 2.75) is 43.6 Å². The molecule has 6 rings (SSSR count). The van der Waals surface area contributed by atoms with E-state index >= 15 is 0 Å². The number of rotatable bonds is 6. The third-order valence-electron chi connectivity index (χ3n) is 8.42. The van der Waals surface area contributed by atoms with Crippen LogP contribution in [-0.2, 0) is 10.2 Å². The first kappa shape index (κ1) is 27.3. The van der Waals surface area contributed by atoms with E-state index < -0.39 is 23.4 Å². The number of nitrogens with one attached hydrogen (secondary N) is 1. The molecule has 1 spiro atoms. The first-order valence-corrected chi connectivity index (χ1v) is 14.0. The lowest BCUT2D eigenvalue weighted by Gasteiger charge is -2.46. The number of likely N-dealkylation sites (tertiary alicyclic amines) is 1. The second kappa shape index (κ2) is 10.8. The number of fused-ring (bicyclic) bond motifs is 2. The third kappa shape index (κ3) is 4.94. The summed E-state index contributed by atoms with van der Waals surface area (Å²) >= 11 is 5.90. The van der Waals surface area contributed by atoms with Gasteiger partial charge in [0.05, 0.1) is 10.6 Å². The maximum Gasteiger partial charge on any atom is 0.281 e. The third-order valence-corrected chi connectivity index (χ3v) is 8.62. The molecular weight excluding hydrogens is 552 g/mol. The fraction of sp³-hybridized carbons (Fsp3) is 0.367. The fourth-order valence-electron chi connectivity index (χ4n) is 6.30. The molecule has 41 heavy (non-hydrogen) atoms. The largest absolute Gasteiger partial charge is 0.349 e. The summed E-state index contributed by atoms with van der Waals surface area (Å²) in [5.41, 5.74) is 0.637.